The Morgan fingerprint density at radius 3 is 2.63 bits per heavy atom. The van der Waals surface area contributed by atoms with Crippen molar-refractivity contribution >= 4 is 11.8 Å². The van der Waals surface area contributed by atoms with Crippen LogP contribution in [0, 0.1) is 5.92 Å². The van der Waals surface area contributed by atoms with Gasteiger partial charge in [0.25, 0.3) is 0 Å². The van der Waals surface area contributed by atoms with Crippen molar-refractivity contribution in [3.63, 3.8) is 0 Å². The normalized spacial score (nSPS) is 20.9. The van der Waals surface area contributed by atoms with Crippen LogP contribution in [0.3, 0.4) is 0 Å². The summed E-state index contributed by atoms with van der Waals surface area (Å²) in [7, 11) is 0. The van der Waals surface area contributed by atoms with Crippen LogP contribution in [0.4, 0.5) is 10.5 Å². The van der Waals surface area contributed by atoms with E-state index in [2.05, 4.69) is 9.88 Å². The smallest absolute Gasteiger partial charge is 0.410 e. The first-order valence-corrected chi connectivity index (χ1v) is 10.2. The second kappa shape index (κ2) is 8.46. The third kappa shape index (κ3) is 5.34. The average Bonchev–Trinajstić information content (AvgIpc) is 2.59. The Bertz CT molecular complexity index is 623. The fourth-order valence-electron chi connectivity index (χ4n) is 3.79. The highest BCUT2D eigenvalue weighted by Gasteiger charge is 2.34. The highest BCUT2D eigenvalue weighted by molar-refractivity contribution is 5.69. The van der Waals surface area contributed by atoms with Crippen LogP contribution in [-0.4, -0.2) is 52.4 Å². The molecule has 1 aromatic heterocycles. The summed E-state index contributed by atoms with van der Waals surface area (Å²) in [6.45, 7) is 8.29. The van der Waals surface area contributed by atoms with Gasteiger partial charge < -0.3 is 19.6 Å². The van der Waals surface area contributed by atoms with Crippen LogP contribution < -0.4 is 4.90 Å². The minimum absolute atomic E-state index is 0.0449. The lowest BCUT2D eigenvalue weighted by molar-refractivity contribution is 0.00736. The van der Waals surface area contributed by atoms with E-state index in [0.717, 1.165) is 38.2 Å². The van der Waals surface area contributed by atoms with Gasteiger partial charge in [0.05, 0.1) is 30.2 Å². The van der Waals surface area contributed by atoms with Gasteiger partial charge in [-0.2, -0.15) is 0 Å². The van der Waals surface area contributed by atoms with Gasteiger partial charge in [0, 0.05) is 19.6 Å². The second-order valence-electron chi connectivity index (χ2n) is 8.84. The molecule has 0 bridgehead atoms. The largest absolute Gasteiger partial charge is 0.444 e. The van der Waals surface area contributed by atoms with Crippen LogP contribution in [-0.2, 0) is 11.3 Å². The summed E-state index contributed by atoms with van der Waals surface area (Å²) in [4.78, 5) is 21.5. The van der Waals surface area contributed by atoms with Gasteiger partial charge in [0.2, 0.25) is 0 Å². The van der Waals surface area contributed by atoms with E-state index in [1.54, 1.807) is 0 Å². The summed E-state index contributed by atoms with van der Waals surface area (Å²) in [5.41, 5.74) is 1.24. The number of anilines is 1. The van der Waals surface area contributed by atoms with E-state index in [4.69, 9.17) is 4.74 Å². The molecule has 3 rings (SSSR count). The van der Waals surface area contributed by atoms with E-state index < -0.39 is 5.60 Å². The molecule has 0 spiro atoms. The molecular formula is C21H33N3O3. The quantitative estimate of drug-likeness (QED) is 0.852. The number of hydrogen-bond donors (Lipinski definition) is 1. The SMILES string of the molecule is CC(C)(C)OC(=O)N(CC1CCC1)[C@@H]1CCCN(c2ccc(CO)nc2)C1. The Kier molecular flexibility index (Phi) is 6.25. The van der Waals surface area contributed by atoms with Crippen molar-refractivity contribution in [2.24, 2.45) is 5.92 Å². The molecule has 2 heterocycles. The maximum Gasteiger partial charge on any atom is 0.410 e. The van der Waals surface area contributed by atoms with Gasteiger partial charge in [-0.1, -0.05) is 6.42 Å². The van der Waals surface area contributed by atoms with Gasteiger partial charge in [-0.3, -0.25) is 4.98 Å². The Balaban J connectivity index is 1.71. The van der Waals surface area contributed by atoms with Crippen LogP contribution in [0.25, 0.3) is 0 Å². The van der Waals surface area contributed by atoms with Crippen molar-refractivity contribution in [3.05, 3.63) is 24.0 Å². The van der Waals surface area contributed by atoms with Crippen LogP contribution in [0.5, 0.6) is 0 Å². The molecule has 0 aromatic carbocycles. The van der Waals surface area contributed by atoms with E-state index in [0.29, 0.717) is 11.6 Å². The minimum atomic E-state index is -0.479. The maximum atomic E-state index is 12.9. The standard InChI is InChI=1S/C21H33N3O3/c1-21(2,3)27-20(26)24(13-16-6-4-7-16)19-8-5-11-23(14-19)18-10-9-17(15-25)22-12-18/h9-10,12,16,19,25H,4-8,11,13-15H2,1-3H3/t19-/m1/s1. The predicted molar refractivity (Wildman–Crippen MR) is 106 cm³/mol. The summed E-state index contributed by atoms with van der Waals surface area (Å²) >= 11 is 0. The lowest BCUT2D eigenvalue weighted by atomic mass is 9.84. The Morgan fingerprint density at radius 2 is 2.07 bits per heavy atom. The number of amides is 1. The number of piperidine rings is 1. The van der Waals surface area contributed by atoms with Gasteiger partial charge in [0.15, 0.2) is 0 Å². The molecule has 1 aliphatic carbocycles. The van der Waals surface area contributed by atoms with E-state index in [1.807, 2.05) is 44.0 Å². The van der Waals surface area contributed by atoms with Gasteiger partial charge in [0.1, 0.15) is 5.60 Å². The molecule has 150 valence electrons. The Hall–Kier alpha value is -1.82. The lowest BCUT2D eigenvalue weighted by Gasteiger charge is -2.43. The van der Waals surface area contributed by atoms with Crippen LogP contribution in [0.1, 0.15) is 58.6 Å². The first-order chi connectivity index (χ1) is 12.9. The molecule has 1 aliphatic heterocycles. The molecule has 0 radical (unpaired) electrons. The zero-order valence-electron chi connectivity index (χ0n) is 16.9. The minimum Gasteiger partial charge on any atom is -0.444 e. The second-order valence-corrected chi connectivity index (χ2v) is 8.84. The molecule has 6 heteroatoms. The molecule has 1 saturated heterocycles. The molecule has 0 unspecified atom stereocenters. The predicted octanol–water partition coefficient (Wildman–Crippen LogP) is 3.58. The number of aliphatic hydroxyl groups excluding tert-OH is 1. The maximum absolute atomic E-state index is 12.9. The molecule has 2 fully saturated rings. The molecule has 1 atom stereocenters. The first-order valence-electron chi connectivity index (χ1n) is 10.2. The van der Waals surface area contributed by atoms with Crippen molar-refractivity contribution in [2.75, 3.05) is 24.5 Å². The van der Waals surface area contributed by atoms with Crippen molar-refractivity contribution in [1.82, 2.24) is 9.88 Å². The molecule has 1 aromatic rings. The molecule has 1 N–H and O–H groups in total. The lowest BCUT2D eigenvalue weighted by Crippen LogP contribution is -2.53. The number of carbonyl (C=O) groups excluding carboxylic acids is 1. The number of aliphatic hydroxyl groups is 1. The number of rotatable bonds is 5. The van der Waals surface area contributed by atoms with Crippen LogP contribution in [0.15, 0.2) is 18.3 Å². The molecule has 2 aliphatic rings. The monoisotopic (exact) mass is 375 g/mol. The number of carbonyl (C=O) groups is 1. The Morgan fingerprint density at radius 1 is 1.30 bits per heavy atom. The molecular weight excluding hydrogens is 342 g/mol. The van der Waals surface area contributed by atoms with Crippen LogP contribution in [0.2, 0.25) is 0 Å². The summed E-state index contributed by atoms with van der Waals surface area (Å²) < 4.78 is 5.72. The number of hydrogen-bond acceptors (Lipinski definition) is 5. The summed E-state index contributed by atoms with van der Waals surface area (Å²) in [6, 6.07) is 4.02. The average molecular weight is 376 g/mol. The fourth-order valence-corrected chi connectivity index (χ4v) is 3.79. The first kappa shape index (κ1) is 19.9. The van der Waals surface area contributed by atoms with Crippen molar-refractivity contribution in [2.45, 2.75) is 71.1 Å². The number of ether oxygens (including phenoxy) is 1. The van der Waals surface area contributed by atoms with E-state index in [1.165, 1.54) is 19.3 Å². The number of pyridine rings is 1. The summed E-state index contributed by atoms with van der Waals surface area (Å²) in [5, 5.41) is 9.19. The molecule has 27 heavy (non-hydrogen) atoms. The molecule has 6 nitrogen and oxygen atoms in total. The van der Waals surface area contributed by atoms with Crippen LogP contribution >= 0.6 is 0 Å². The van der Waals surface area contributed by atoms with Gasteiger partial charge in [-0.05, 0) is 64.5 Å². The number of nitrogens with zero attached hydrogens (tertiary/aromatic N) is 3. The topological polar surface area (TPSA) is 65.9 Å². The van der Waals surface area contributed by atoms with E-state index in [9.17, 15) is 9.90 Å². The summed E-state index contributed by atoms with van der Waals surface area (Å²) in [6.07, 6.45) is 7.37. The highest BCUT2D eigenvalue weighted by Crippen LogP contribution is 2.30. The fraction of sp³-hybridized carbons (Fsp3) is 0.714. The van der Waals surface area contributed by atoms with Gasteiger partial charge >= 0.3 is 6.09 Å². The van der Waals surface area contributed by atoms with Crippen molar-refractivity contribution in [3.8, 4) is 0 Å². The van der Waals surface area contributed by atoms with Gasteiger partial charge in [-0.25, -0.2) is 4.79 Å². The van der Waals surface area contributed by atoms with E-state index in [-0.39, 0.29) is 18.7 Å². The highest BCUT2D eigenvalue weighted by atomic mass is 16.6. The molecule has 1 amide bonds. The van der Waals surface area contributed by atoms with Gasteiger partial charge in [-0.15, -0.1) is 0 Å². The zero-order valence-corrected chi connectivity index (χ0v) is 16.9. The Labute approximate surface area is 162 Å². The third-order valence-electron chi connectivity index (χ3n) is 5.48. The van der Waals surface area contributed by atoms with Crippen molar-refractivity contribution < 1.29 is 14.6 Å². The number of aromatic nitrogens is 1. The molecule has 1 saturated carbocycles. The zero-order chi connectivity index (χ0) is 19.4. The van der Waals surface area contributed by atoms with Crippen molar-refractivity contribution in [1.29, 1.82) is 0 Å². The van der Waals surface area contributed by atoms with E-state index >= 15 is 0 Å². The third-order valence-corrected chi connectivity index (χ3v) is 5.48. The summed E-state index contributed by atoms with van der Waals surface area (Å²) in [5.74, 6) is 0.610.